The number of carbonyl (C=O) groups excluding carboxylic acids is 1. The SMILES string of the molecule is COc1cccc(C(=O)NCCc2ccc(Br)s2)c1. The van der Waals surface area contributed by atoms with Gasteiger partial charge < -0.3 is 10.1 Å². The van der Waals surface area contributed by atoms with E-state index in [-0.39, 0.29) is 5.91 Å². The summed E-state index contributed by atoms with van der Waals surface area (Å²) in [4.78, 5) is 13.2. The van der Waals surface area contributed by atoms with E-state index in [9.17, 15) is 4.79 Å². The van der Waals surface area contributed by atoms with Crippen molar-refractivity contribution < 1.29 is 9.53 Å². The van der Waals surface area contributed by atoms with E-state index in [1.54, 1.807) is 30.6 Å². The lowest BCUT2D eigenvalue weighted by Gasteiger charge is -2.06. The van der Waals surface area contributed by atoms with Gasteiger partial charge in [-0.1, -0.05) is 6.07 Å². The number of nitrogens with one attached hydrogen (secondary N) is 1. The van der Waals surface area contributed by atoms with Crippen LogP contribution in [0.15, 0.2) is 40.2 Å². The Morgan fingerprint density at radius 1 is 1.37 bits per heavy atom. The molecule has 0 unspecified atom stereocenters. The first-order chi connectivity index (χ1) is 9.19. The topological polar surface area (TPSA) is 38.3 Å². The molecular weight excluding hydrogens is 326 g/mol. The van der Waals surface area contributed by atoms with Gasteiger partial charge in [0.15, 0.2) is 0 Å². The number of halogens is 1. The first-order valence-electron chi connectivity index (χ1n) is 5.85. The highest BCUT2D eigenvalue weighted by Crippen LogP contribution is 2.22. The fourth-order valence-corrected chi connectivity index (χ4v) is 3.13. The molecule has 100 valence electrons. The lowest BCUT2D eigenvalue weighted by Crippen LogP contribution is -2.25. The van der Waals surface area contributed by atoms with Crippen molar-refractivity contribution in [1.82, 2.24) is 5.32 Å². The molecule has 0 saturated heterocycles. The van der Waals surface area contributed by atoms with Crippen molar-refractivity contribution in [2.45, 2.75) is 6.42 Å². The molecule has 2 rings (SSSR count). The van der Waals surface area contributed by atoms with Crippen LogP contribution in [-0.2, 0) is 6.42 Å². The van der Waals surface area contributed by atoms with E-state index in [2.05, 4.69) is 27.3 Å². The van der Waals surface area contributed by atoms with Crippen LogP contribution < -0.4 is 10.1 Å². The van der Waals surface area contributed by atoms with Crippen molar-refractivity contribution in [1.29, 1.82) is 0 Å². The highest BCUT2D eigenvalue weighted by atomic mass is 79.9. The minimum atomic E-state index is -0.0745. The summed E-state index contributed by atoms with van der Waals surface area (Å²) in [6.45, 7) is 0.628. The van der Waals surface area contributed by atoms with E-state index in [1.165, 1.54) is 4.88 Å². The molecule has 0 atom stereocenters. The maximum absolute atomic E-state index is 11.9. The summed E-state index contributed by atoms with van der Waals surface area (Å²) >= 11 is 5.11. The minimum absolute atomic E-state index is 0.0745. The highest BCUT2D eigenvalue weighted by molar-refractivity contribution is 9.11. The maximum atomic E-state index is 11.9. The third-order valence-electron chi connectivity index (χ3n) is 2.62. The third-order valence-corrected chi connectivity index (χ3v) is 4.30. The number of benzene rings is 1. The molecule has 5 heteroatoms. The van der Waals surface area contributed by atoms with Gasteiger partial charge in [-0.15, -0.1) is 11.3 Å². The van der Waals surface area contributed by atoms with Gasteiger partial charge in [0, 0.05) is 17.0 Å². The number of carbonyl (C=O) groups is 1. The second-order valence-corrected chi connectivity index (χ2v) is 6.49. The summed E-state index contributed by atoms with van der Waals surface area (Å²) in [7, 11) is 1.59. The van der Waals surface area contributed by atoms with Crippen LogP contribution in [0.2, 0.25) is 0 Å². The molecule has 1 N–H and O–H groups in total. The van der Waals surface area contributed by atoms with Gasteiger partial charge in [0.2, 0.25) is 0 Å². The fourth-order valence-electron chi connectivity index (χ4n) is 1.65. The summed E-state index contributed by atoms with van der Waals surface area (Å²) in [5.74, 6) is 0.615. The van der Waals surface area contributed by atoms with E-state index >= 15 is 0 Å². The molecule has 0 fully saturated rings. The predicted octanol–water partition coefficient (Wildman–Crippen LogP) is 3.49. The van der Waals surface area contributed by atoms with E-state index in [0.717, 1.165) is 10.2 Å². The molecule has 0 saturated carbocycles. The zero-order chi connectivity index (χ0) is 13.7. The molecule has 1 aromatic heterocycles. The Bertz CT molecular complexity index is 568. The van der Waals surface area contributed by atoms with Gasteiger partial charge in [0.25, 0.3) is 5.91 Å². The molecule has 2 aromatic rings. The van der Waals surface area contributed by atoms with Crippen LogP contribution in [-0.4, -0.2) is 19.6 Å². The molecule has 0 aliphatic rings. The summed E-state index contributed by atoms with van der Waals surface area (Å²) in [6, 6.07) is 11.2. The van der Waals surface area contributed by atoms with Gasteiger partial charge in [0.1, 0.15) is 5.75 Å². The van der Waals surface area contributed by atoms with Gasteiger partial charge in [-0.05, 0) is 52.7 Å². The van der Waals surface area contributed by atoms with Gasteiger partial charge in [-0.2, -0.15) is 0 Å². The quantitative estimate of drug-likeness (QED) is 0.905. The van der Waals surface area contributed by atoms with Crippen molar-refractivity contribution in [3.05, 3.63) is 50.6 Å². The normalized spacial score (nSPS) is 10.2. The Balaban J connectivity index is 1.87. The van der Waals surface area contributed by atoms with E-state index in [4.69, 9.17) is 4.74 Å². The molecular formula is C14H14BrNO2S. The highest BCUT2D eigenvalue weighted by Gasteiger charge is 2.06. The first kappa shape index (κ1) is 14.1. The van der Waals surface area contributed by atoms with Crippen LogP contribution in [0.25, 0.3) is 0 Å². The molecule has 3 nitrogen and oxygen atoms in total. The van der Waals surface area contributed by atoms with Gasteiger partial charge >= 0.3 is 0 Å². The molecule has 1 heterocycles. The summed E-state index contributed by atoms with van der Waals surface area (Å²) in [5.41, 5.74) is 0.617. The summed E-state index contributed by atoms with van der Waals surface area (Å²) in [6.07, 6.45) is 0.839. The van der Waals surface area contributed by atoms with Crippen LogP contribution in [0.1, 0.15) is 15.2 Å². The van der Waals surface area contributed by atoms with Crippen molar-refractivity contribution in [2.75, 3.05) is 13.7 Å². The average Bonchev–Trinajstić information content (AvgIpc) is 2.84. The van der Waals surface area contributed by atoms with Crippen LogP contribution in [0.5, 0.6) is 5.75 Å². The Morgan fingerprint density at radius 3 is 2.89 bits per heavy atom. The predicted molar refractivity (Wildman–Crippen MR) is 81.1 cm³/mol. The zero-order valence-electron chi connectivity index (χ0n) is 10.5. The lowest BCUT2D eigenvalue weighted by molar-refractivity contribution is 0.0954. The Morgan fingerprint density at radius 2 is 2.21 bits per heavy atom. The van der Waals surface area contributed by atoms with E-state index in [1.807, 2.05) is 18.2 Å². The number of amides is 1. The summed E-state index contributed by atoms with van der Waals surface area (Å²) in [5, 5.41) is 2.90. The maximum Gasteiger partial charge on any atom is 0.251 e. The number of hydrogen-bond acceptors (Lipinski definition) is 3. The van der Waals surface area contributed by atoms with E-state index in [0.29, 0.717) is 17.9 Å². The monoisotopic (exact) mass is 339 g/mol. The standard InChI is InChI=1S/C14H14BrNO2S/c1-18-11-4-2-3-10(9-11)14(17)16-8-7-12-5-6-13(15)19-12/h2-6,9H,7-8H2,1H3,(H,16,17). The minimum Gasteiger partial charge on any atom is -0.497 e. The fraction of sp³-hybridized carbons (Fsp3) is 0.214. The number of methoxy groups -OCH3 is 1. The zero-order valence-corrected chi connectivity index (χ0v) is 12.9. The largest absolute Gasteiger partial charge is 0.497 e. The van der Waals surface area contributed by atoms with Crippen LogP contribution in [0.4, 0.5) is 0 Å². The molecule has 0 aliphatic heterocycles. The Labute approximate surface area is 124 Å². The van der Waals surface area contributed by atoms with Crippen molar-refractivity contribution in [2.24, 2.45) is 0 Å². The van der Waals surface area contributed by atoms with Gasteiger partial charge in [-0.25, -0.2) is 0 Å². The Hall–Kier alpha value is -1.33. The number of ether oxygens (including phenoxy) is 1. The second-order valence-electron chi connectivity index (χ2n) is 3.94. The van der Waals surface area contributed by atoms with Crippen LogP contribution in [0, 0.1) is 0 Å². The molecule has 0 bridgehead atoms. The molecule has 0 aliphatic carbocycles. The van der Waals surface area contributed by atoms with Crippen molar-refractivity contribution in [3.63, 3.8) is 0 Å². The smallest absolute Gasteiger partial charge is 0.251 e. The second kappa shape index (κ2) is 6.73. The lowest BCUT2D eigenvalue weighted by atomic mass is 10.2. The molecule has 0 radical (unpaired) electrons. The summed E-state index contributed by atoms with van der Waals surface area (Å²) < 4.78 is 6.21. The Kier molecular flexibility index (Phi) is 4.99. The molecule has 0 spiro atoms. The molecule has 19 heavy (non-hydrogen) atoms. The molecule has 1 amide bonds. The van der Waals surface area contributed by atoms with Crippen LogP contribution in [0.3, 0.4) is 0 Å². The average molecular weight is 340 g/mol. The third kappa shape index (κ3) is 4.08. The van der Waals surface area contributed by atoms with E-state index < -0.39 is 0 Å². The number of hydrogen-bond donors (Lipinski definition) is 1. The first-order valence-corrected chi connectivity index (χ1v) is 7.46. The van der Waals surface area contributed by atoms with Crippen LogP contribution >= 0.6 is 27.3 Å². The van der Waals surface area contributed by atoms with Crippen molar-refractivity contribution in [3.8, 4) is 5.75 Å². The molecule has 1 aromatic carbocycles. The van der Waals surface area contributed by atoms with Crippen molar-refractivity contribution >= 4 is 33.2 Å². The van der Waals surface area contributed by atoms with Gasteiger partial charge in [-0.3, -0.25) is 4.79 Å². The number of thiophene rings is 1. The van der Waals surface area contributed by atoms with Gasteiger partial charge in [0.05, 0.1) is 10.9 Å². The number of rotatable bonds is 5.